The third kappa shape index (κ3) is 5.59. The van der Waals surface area contributed by atoms with E-state index >= 15 is 0 Å². The quantitative estimate of drug-likeness (QED) is 0.342. The van der Waals surface area contributed by atoms with E-state index in [1.54, 1.807) is 0 Å². The number of alkyl halides is 9. The van der Waals surface area contributed by atoms with E-state index in [2.05, 4.69) is 0 Å². The number of halogens is 9. The van der Waals surface area contributed by atoms with Gasteiger partial charge in [-0.1, -0.05) is 0 Å². The van der Waals surface area contributed by atoms with Crippen LogP contribution in [0.5, 0.6) is 0 Å². The van der Waals surface area contributed by atoms with Crippen LogP contribution in [0.4, 0.5) is 45.2 Å². The number of amides is 2. The summed E-state index contributed by atoms with van der Waals surface area (Å²) < 4.78 is 119. The van der Waals surface area contributed by atoms with E-state index in [-0.39, 0.29) is 23.9 Å². The minimum absolute atomic E-state index is 0.0441. The van der Waals surface area contributed by atoms with Gasteiger partial charge in [0.05, 0.1) is 16.7 Å². The largest absolute Gasteiger partial charge is 0.416 e. The number of fused-ring (bicyclic) bond motifs is 1. The van der Waals surface area contributed by atoms with Gasteiger partial charge < -0.3 is 9.80 Å². The molecule has 2 unspecified atom stereocenters. The van der Waals surface area contributed by atoms with Crippen LogP contribution in [0, 0.1) is 0 Å². The molecule has 1 aliphatic heterocycles. The lowest BCUT2D eigenvalue weighted by atomic mass is 9.93. The smallest absolute Gasteiger partial charge is 0.338 e. The highest BCUT2D eigenvalue weighted by Gasteiger charge is 2.41. The highest BCUT2D eigenvalue weighted by atomic mass is 19.4. The first-order valence-corrected chi connectivity index (χ1v) is 10.4. The zero-order valence-corrected chi connectivity index (χ0v) is 18.7. The van der Waals surface area contributed by atoms with E-state index in [9.17, 15) is 49.1 Å². The van der Waals surface area contributed by atoms with E-state index in [1.165, 1.54) is 6.92 Å². The summed E-state index contributed by atoms with van der Waals surface area (Å²) in [6.07, 6.45) is -14.5. The Labute approximate surface area is 199 Å². The molecule has 2 atom stereocenters. The SMILES string of the molecule is CC(=O)N(Cc1cc(C(F)(F)F)cc(C(F)(F)F)c1)CC1c2cc(C(F)(F)F)ccc2N(C=O)C1C. The van der Waals surface area contributed by atoms with Gasteiger partial charge in [-0.2, -0.15) is 39.5 Å². The number of anilines is 1. The molecule has 2 amide bonds. The van der Waals surface area contributed by atoms with E-state index < -0.39 is 65.2 Å². The molecule has 0 saturated carbocycles. The normalized spacial score (nSPS) is 18.2. The summed E-state index contributed by atoms with van der Waals surface area (Å²) in [6.45, 7) is 1.52. The minimum Gasteiger partial charge on any atom is -0.338 e. The van der Waals surface area contributed by atoms with Crippen molar-refractivity contribution >= 4 is 18.0 Å². The predicted octanol–water partition coefficient (Wildman–Crippen LogP) is 6.24. The fourth-order valence-corrected chi connectivity index (χ4v) is 4.21. The Kier molecular flexibility index (Phi) is 7.08. The van der Waals surface area contributed by atoms with E-state index in [4.69, 9.17) is 0 Å². The summed E-state index contributed by atoms with van der Waals surface area (Å²) in [5.74, 6) is -1.62. The van der Waals surface area contributed by atoms with Crippen molar-refractivity contribution in [3.63, 3.8) is 0 Å². The molecule has 1 heterocycles. The summed E-state index contributed by atoms with van der Waals surface area (Å²) >= 11 is 0. The number of hydrogen-bond donors (Lipinski definition) is 0. The molecule has 0 aromatic heterocycles. The van der Waals surface area contributed by atoms with Gasteiger partial charge in [-0.15, -0.1) is 0 Å². The van der Waals surface area contributed by atoms with Crippen molar-refractivity contribution in [1.29, 1.82) is 0 Å². The molecular formula is C23H19F9N2O2. The van der Waals surface area contributed by atoms with Crippen molar-refractivity contribution in [1.82, 2.24) is 4.90 Å². The fourth-order valence-electron chi connectivity index (χ4n) is 4.21. The molecule has 0 saturated heterocycles. The summed E-state index contributed by atoms with van der Waals surface area (Å²) in [5, 5.41) is 0. The average molecular weight is 526 g/mol. The summed E-state index contributed by atoms with van der Waals surface area (Å²) in [4.78, 5) is 26.0. The Morgan fingerprint density at radius 2 is 1.42 bits per heavy atom. The summed E-state index contributed by atoms with van der Waals surface area (Å²) in [6, 6.07) is 2.89. The van der Waals surface area contributed by atoms with Gasteiger partial charge in [0.2, 0.25) is 12.3 Å². The Morgan fingerprint density at radius 1 is 0.889 bits per heavy atom. The zero-order valence-electron chi connectivity index (χ0n) is 18.7. The Morgan fingerprint density at radius 3 is 1.86 bits per heavy atom. The third-order valence-corrected chi connectivity index (χ3v) is 6.05. The van der Waals surface area contributed by atoms with Crippen LogP contribution in [0.25, 0.3) is 0 Å². The molecule has 2 aromatic rings. The van der Waals surface area contributed by atoms with E-state index in [0.717, 1.165) is 34.9 Å². The molecule has 4 nitrogen and oxygen atoms in total. The second-order valence-corrected chi connectivity index (χ2v) is 8.44. The maximum absolute atomic E-state index is 13.3. The molecule has 0 fully saturated rings. The fraction of sp³-hybridized carbons (Fsp3) is 0.391. The number of carbonyl (C=O) groups is 2. The van der Waals surface area contributed by atoms with Gasteiger partial charge in [0.15, 0.2) is 0 Å². The van der Waals surface area contributed by atoms with Crippen molar-refractivity contribution in [2.75, 3.05) is 11.4 Å². The van der Waals surface area contributed by atoms with Gasteiger partial charge in [-0.05, 0) is 54.4 Å². The predicted molar refractivity (Wildman–Crippen MR) is 110 cm³/mol. The molecule has 36 heavy (non-hydrogen) atoms. The Bertz CT molecular complexity index is 1120. The first kappa shape index (κ1) is 27.3. The molecule has 0 N–H and O–H groups in total. The maximum atomic E-state index is 13.3. The van der Waals surface area contributed by atoms with E-state index in [1.807, 2.05) is 0 Å². The van der Waals surface area contributed by atoms with Crippen molar-refractivity contribution in [3.05, 3.63) is 64.2 Å². The number of benzene rings is 2. The topological polar surface area (TPSA) is 40.6 Å². The minimum atomic E-state index is -5.09. The third-order valence-electron chi connectivity index (χ3n) is 6.05. The van der Waals surface area contributed by atoms with Crippen LogP contribution in [0.15, 0.2) is 36.4 Å². The highest BCUT2D eigenvalue weighted by molar-refractivity contribution is 5.82. The Hall–Kier alpha value is -3.25. The Balaban J connectivity index is 2.01. The first-order valence-electron chi connectivity index (χ1n) is 10.4. The molecule has 1 aliphatic rings. The van der Waals surface area contributed by atoms with Crippen molar-refractivity contribution in [2.45, 2.75) is 50.9 Å². The van der Waals surface area contributed by atoms with Crippen LogP contribution in [0.3, 0.4) is 0 Å². The van der Waals surface area contributed by atoms with Crippen molar-refractivity contribution in [3.8, 4) is 0 Å². The first-order chi connectivity index (χ1) is 16.4. The molecule has 0 aliphatic carbocycles. The number of rotatable bonds is 5. The lowest BCUT2D eigenvalue weighted by Gasteiger charge is -2.29. The molecule has 2 aromatic carbocycles. The number of carbonyl (C=O) groups excluding carboxylic acids is 2. The van der Waals surface area contributed by atoms with Gasteiger partial charge >= 0.3 is 18.5 Å². The second kappa shape index (κ2) is 9.32. The monoisotopic (exact) mass is 526 g/mol. The van der Waals surface area contributed by atoms with Gasteiger partial charge in [0.1, 0.15) is 0 Å². The lowest BCUT2D eigenvalue weighted by Crippen LogP contribution is -2.38. The van der Waals surface area contributed by atoms with Crippen LogP contribution in [0.1, 0.15) is 47.6 Å². The number of nitrogens with zero attached hydrogens (tertiary/aromatic N) is 2. The van der Waals surface area contributed by atoms with E-state index in [0.29, 0.717) is 18.5 Å². The van der Waals surface area contributed by atoms with Crippen LogP contribution >= 0.6 is 0 Å². The van der Waals surface area contributed by atoms with Crippen molar-refractivity contribution < 1.29 is 49.1 Å². The zero-order chi connectivity index (χ0) is 27.2. The van der Waals surface area contributed by atoms with Gasteiger partial charge in [0.25, 0.3) is 0 Å². The summed E-state index contributed by atoms with van der Waals surface area (Å²) in [7, 11) is 0. The second-order valence-electron chi connectivity index (χ2n) is 8.44. The molecule has 13 heteroatoms. The van der Waals surface area contributed by atoms with Gasteiger partial charge in [-0.3, -0.25) is 9.59 Å². The van der Waals surface area contributed by atoms with Crippen LogP contribution in [0.2, 0.25) is 0 Å². The van der Waals surface area contributed by atoms with Crippen LogP contribution in [-0.4, -0.2) is 29.8 Å². The average Bonchev–Trinajstić information content (AvgIpc) is 3.01. The molecule has 3 rings (SSSR count). The van der Waals surface area contributed by atoms with Gasteiger partial charge in [0, 0.05) is 37.7 Å². The standard InChI is InChI=1S/C23H19F9N2O2/c1-12-19(18-8-15(21(24,25)26)3-4-20(18)34(12)11-35)10-33(13(2)36)9-14-5-16(22(27,28)29)7-17(6-14)23(30,31)32/h3-8,11-12,19H,9-10H2,1-2H3. The lowest BCUT2D eigenvalue weighted by molar-refractivity contribution is -0.143. The summed E-state index contributed by atoms with van der Waals surface area (Å²) in [5.41, 5.74) is -4.34. The molecule has 0 bridgehead atoms. The van der Waals surface area contributed by atoms with Crippen LogP contribution < -0.4 is 4.90 Å². The highest BCUT2D eigenvalue weighted by Crippen LogP contribution is 2.44. The van der Waals surface area contributed by atoms with Crippen LogP contribution in [-0.2, 0) is 34.7 Å². The molecular weight excluding hydrogens is 507 g/mol. The molecule has 0 radical (unpaired) electrons. The van der Waals surface area contributed by atoms with Gasteiger partial charge in [-0.25, -0.2) is 0 Å². The molecule has 196 valence electrons. The maximum Gasteiger partial charge on any atom is 0.416 e. The number of hydrogen-bond acceptors (Lipinski definition) is 2. The van der Waals surface area contributed by atoms with Crippen molar-refractivity contribution in [2.24, 2.45) is 0 Å². The molecule has 0 spiro atoms.